The average molecular weight is 440 g/mol. The number of hydrogen-bond acceptors (Lipinski definition) is 1. The fraction of sp³-hybridized carbons (Fsp3) is 0.947. The fourth-order valence-corrected chi connectivity index (χ4v) is 4.71. The summed E-state index contributed by atoms with van der Waals surface area (Å²) < 4.78 is -0.830. The van der Waals surface area contributed by atoms with Crippen molar-refractivity contribution in [3.63, 3.8) is 0 Å². The Morgan fingerprint density at radius 2 is 1.05 bits per heavy atom. The lowest BCUT2D eigenvalue weighted by atomic mass is 9.84. The maximum absolute atomic E-state index is 13.0. The van der Waals surface area contributed by atoms with E-state index >= 15 is 0 Å². The van der Waals surface area contributed by atoms with Crippen LogP contribution < -0.4 is 0 Å². The molecule has 0 spiro atoms. The van der Waals surface area contributed by atoms with Crippen LogP contribution in [0.4, 0.5) is 0 Å². The number of hydrogen-bond donors (Lipinski definition) is 0. The number of Topliss-reactive ketones (excluding diaryl/α,β-unsaturated/α-hetero) is 1. The SMILES string of the molecule is CCC(CC)CCC(C)(Br)C(=O)C(C)(Br)CCC(CC)CC. The molecule has 0 aromatic heterocycles. The van der Waals surface area contributed by atoms with Gasteiger partial charge in [0.15, 0.2) is 5.78 Å². The molecule has 0 amide bonds. The van der Waals surface area contributed by atoms with Crippen LogP contribution >= 0.6 is 31.9 Å². The molecule has 0 saturated heterocycles. The molecule has 0 aromatic carbocycles. The molecule has 22 heavy (non-hydrogen) atoms. The second-order valence-electron chi connectivity index (χ2n) is 7.17. The Kier molecular flexibility index (Phi) is 10.8. The third-order valence-electron chi connectivity index (χ3n) is 5.30. The van der Waals surface area contributed by atoms with Crippen LogP contribution in [0, 0.1) is 11.8 Å². The van der Waals surface area contributed by atoms with Crippen LogP contribution in [0.3, 0.4) is 0 Å². The van der Waals surface area contributed by atoms with Gasteiger partial charge in [-0.25, -0.2) is 0 Å². The van der Waals surface area contributed by atoms with E-state index in [1.807, 2.05) is 13.8 Å². The third-order valence-corrected chi connectivity index (χ3v) is 6.81. The van der Waals surface area contributed by atoms with Crippen LogP contribution in [0.15, 0.2) is 0 Å². The molecule has 0 rings (SSSR count). The van der Waals surface area contributed by atoms with Gasteiger partial charge in [-0.3, -0.25) is 4.79 Å². The van der Waals surface area contributed by atoms with Gasteiger partial charge in [-0.05, 0) is 51.4 Å². The summed E-state index contributed by atoms with van der Waals surface area (Å²) in [4.78, 5) is 13.0. The van der Waals surface area contributed by atoms with Gasteiger partial charge in [0.1, 0.15) is 0 Å². The Bertz CT molecular complexity index is 285. The molecule has 132 valence electrons. The summed E-state index contributed by atoms with van der Waals surface area (Å²) in [5.41, 5.74) is 0. The molecule has 3 heteroatoms. The quantitative estimate of drug-likeness (QED) is 0.291. The first-order chi connectivity index (χ1) is 10.1. The van der Waals surface area contributed by atoms with E-state index in [1.165, 1.54) is 25.7 Å². The predicted octanol–water partition coefficient (Wildman–Crippen LogP) is 7.30. The van der Waals surface area contributed by atoms with Crippen molar-refractivity contribution in [2.24, 2.45) is 11.8 Å². The summed E-state index contributed by atoms with van der Waals surface area (Å²) in [5.74, 6) is 1.77. The standard InChI is InChI=1S/C19H36Br2O/c1-7-15(8-2)11-13-18(5,20)17(22)19(6,21)14-12-16(9-3)10-4/h15-16H,7-14H2,1-6H3. The van der Waals surface area contributed by atoms with Gasteiger partial charge in [0, 0.05) is 0 Å². The van der Waals surface area contributed by atoms with E-state index in [4.69, 9.17) is 0 Å². The third kappa shape index (κ3) is 7.47. The van der Waals surface area contributed by atoms with Gasteiger partial charge in [0.05, 0.1) is 8.65 Å². The van der Waals surface area contributed by atoms with E-state index in [-0.39, 0.29) is 0 Å². The van der Waals surface area contributed by atoms with Crippen molar-refractivity contribution in [1.29, 1.82) is 0 Å². The molecule has 0 fully saturated rings. The molecule has 2 atom stereocenters. The predicted molar refractivity (Wildman–Crippen MR) is 106 cm³/mol. The highest BCUT2D eigenvalue weighted by Crippen LogP contribution is 2.38. The normalized spacial score (nSPS) is 17.5. The topological polar surface area (TPSA) is 17.1 Å². The van der Waals surface area contributed by atoms with Gasteiger partial charge in [-0.1, -0.05) is 85.2 Å². The number of carbonyl (C=O) groups is 1. The lowest BCUT2D eigenvalue weighted by molar-refractivity contribution is -0.123. The molecule has 0 aliphatic heterocycles. The van der Waals surface area contributed by atoms with Crippen molar-refractivity contribution in [2.45, 2.75) is 102 Å². The second kappa shape index (κ2) is 10.5. The van der Waals surface area contributed by atoms with Gasteiger partial charge in [-0.2, -0.15) is 0 Å². The summed E-state index contributed by atoms with van der Waals surface area (Å²) in [6, 6.07) is 0. The first-order valence-corrected chi connectivity index (χ1v) is 10.7. The molecular weight excluding hydrogens is 404 g/mol. The first-order valence-electron chi connectivity index (χ1n) is 9.07. The van der Waals surface area contributed by atoms with Gasteiger partial charge in [0.25, 0.3) is 0 Å². The molecule has 0 heterocycles. The van der Waals surface area contributed by atoms with Gasteiger partial charge >= 0.3 is 0 Å². The minimum atomic E-state index is -0.415. The van der Waals surface area contributed by atoms with Crippen molar-refractivity contribution >= 4 is 37.6 Å². The van der Waals surface area contributed by atoms with Gasteiger partial charge in [0.2, 0.25) is 0 Å². The summed E-state index contributed by atoms with van der Waals surface area (Å²) in [7, 11) is 0. The molecule has 0 aromatic rings. The Morgan fingerprint density at radius 1 is 0.773 bits per heavy atom. The average Bonchev–Trinajstić information content (AvgIpc) is 2.48. The Labute approximate surface area is 155 Å². The van der Waals surface area contributed by atoms with Gasteiger partial charge in [-0.15, -0.1) is 0 Å². The van der Waals surface area contributed by atoms with Crippen molar-refractivity contribution in [3.05, 3.63) is 0 Å². The molecule has 1 nitrogen and oxygen atoms in total. The molecule has 0 saturated carbocycles. The van der Waals surface area contributed by atoms with E-state index < -0.39 is 8.65 Å². The van der Waals surface area contributed by atoms with Crippen molar-refractivity contribution in [2.75, 3.05) is 0 Å². The molecule has 0 bridgehead atoms. The minimum Gasteiger partial charge on any atom is -0.297 e. The first kappa shape index (κ1) is 22.6. The molecule has 0 aliphatic carbocycles. The molecule has 0 aliphatic rings. The zero-order valence-corrected chi connectivity index (χ0v) is 18.6. The molecule has 0 N–H and O–H groups in total. The number of alkyl halides is 2. The Morgan fingerprint density at radius 3 is 1.27 bits per heavy atom. The van der Waals surface area contributed by atoms with Crippen LogP contribution in [0.2, 0.25) is 0 Å². The smallest absolute Gasteiger partial charge is 0.165 e. The zero-order valence-electron chi connectivity index (χ0n) is 15.5. The van der Waals surface area contributed by atoms with Crippen LogP contribution in [-0.4, -0.2) is 14.4 Å². The Hall–Kier alpha value is 0.630. The number of carbonyl (C=O) groups excluding carboxylic acids is 1. The summed E-state index contributed by atoms with van der Waals surface area (Å²) in [5, 5.41) is 0. The zero-order chi connectivity index (χ0) is 17.4. The second-order valence-corrected chi connectivity index (χ2v) is 10.7. The summed E-state index contributed by atoms with van der Waals surface area (Å²) in [6.07, 6.45) is 8.89. The van der Waals surface area contributed by atoms with Gasteiger partial charge < -0.3 is 0 Å². The van der Waals surface area contributed by atoms with Crippen molar-refractivity contribution in [3.8, 4) is 0 Å². The molecule has 2 unspecified atom stereocenters. The fourth-order valence-electron chi connectivity index (χ4n) is 3.11. The van der Waals surface area contributed by atoms with Crippen LogP contribution in [0.1, 0.15) is 92.9 Å². The highest BCUT2D eigenvalue weighted by atomic mass is 79.9. The molecule has 0 radical (unpaired) electrons. The van der Waals surface area contributed by atoms with Crippen LogP contribution in [-0.2, 0) is 4.79 Å². The van der Waals surface area contributed by atoms with E-state index in [0.29, 0.717) is 5.78 Å². The highest BCUT2D eigenvalue weighted by Gasteiger charge is 2.41. The maximum Gasteiger partial charge on any atom is 0.165 e. The largest absolute Gasteiger partial charge is 0.297 e. The van der Waals surface area contributed by atoms with E-state index in [1.54, 1.807) is 0 Å². The number of ketones is 1. The number of halogens is 2. The van der Waals surface area contributed by atoms with Crippen molar-refractivity contribution in [1.82, 2.24) is 0 Å². The van der Waals surface area contributed by atoms with Crippen molar-refractivity contribution < 1.29 is 4.79 Å². The summed E-state index contributed by atoms with van der Waals surface area (Å²) >= 11 is 7.46. The monoisotopic (exact) mass is 438 g/mol. The van der Waals surface area contributed by atoms with E-state index in [0.717, 1.165) is 37.5 Å². The lowest BCUT2D eigenvalue weighted by Crippen LogP contribution is -2.42. The van der Waals surface area contributed by atoms with E-state index in [2.05, 4.69) is 59.6 Å². The molecular formula is C19H36Br2O. The summed E-state index contributed by atoms with van der Waals surface area (Å²) in [6.45, 7) is 13.1. The van der Waals surface area contributed by atoms with E-state index in [9.17, 15) is 4.79 Å². The maximum atomic E-state index is 13.0. The number of rotatable bonds is 12. The van der Waals surface area contributed by atoms with Crippen LogP contribution in [0.25, 0.3) is 0 Å². The minimum absolute atomic E-state index is 0.303. The Balaban J connectivity index is 4.67. The van der Waals surface area contributed by atoms with Crippen LogP contribution in [0.5, 0.6) is 0 Å². The highest BCUT2D eigenvalue weighted by molar-refractivity contribution is 9.11. The lowest BCUT2D eigenvalue weighted by Gasteiger charge is -2.32.